The SMILES string of the molecule is C=CCn1c(SCC(=O)Nc2ccccc2C(F)(F)F)nc2sc3c(c2c1=O)CCCCC3. The number of amides is 1. The quantitative estimate of drug-likeness (QED) is 0.208. The van der Waals surface area contributed by atoms with Gasteiger partial charge < -0.3 is 5.32 Å². The number of rotatable bonds is 6. The number of hydrogen-bond donors (Lipinski definition) is 1. The number of anilines is 1. The van der Waals surface area contributed by atoms with Crippen LogP contribution < -0.4 is 10.9 Å². The molecule has 3 aromatic rings. The van der Waals surface area contributed by atoms with E-state index in [2.05, 4.69) is 16.9 Å². The van der Waals surface area contributed by atoms with E-state index in [4.69, 9.17) is 0 Å². The summed E-state index contributed by atoms with van der Waals surface area (Å²) in [7, 11) is 0. The largest absolute Gasteiger partial charge is 0.418 e. The Morgan fingerprint density at radius 2 is 2.00 bits per heavy atom. The number of carbonyl (C=O) groups is 1. The van der Waals surface area contributed by atoms with E-state index in [-0.39, 0.29) is 23.5 Å². The average Bonchev–Trinajstić information content (AvgIpc) is 2.95. The van der Waals surface area contributed by atoms with Gasteiger partial charge in [-0.1, -0.05) is 36.4 Å². The number of thiophene rings is 1. The van der Waals surface area contributed by atoms with Crippen LogP contribution in [0.3, 0.4) is 0 Å². The lowest BCUT2D eigenvalue weighted by molar-refractivity contribution is -0.137. The Hall–Kier alpha value is -2.59. The topological polar surface area (TPSA) is 64.0 Å². The fourth-order valence-corrected chi connectivity index (χ4v) is 6.06. The molecule has 5 nitrogen and oxygen atoms in total. The highest BCUT2D eigenvalue weighted by atomic mass is 32.2. The highest BCUT2D eigenvalue weighted by Crippen LogP contribution is 2.35. The van der Waals surface area contributed by atoms with Crippen LogP contribution in [0.25, 0.3) is 10.2 Å². The van der Waals surface area contributed by atoms with E-state index in [1.165, 1.54) is 39.0 Å². The predicted octanol–water partition coefficient (Wildman–Crippen LogP) is 5.66. The molecule has 2 aromatic heterocycles. The van der Waals surface area contributed by atoms with Crippen LogP contribution in [0.15, 0.2) is 46.9 Å². The van der Waals surface area contributed by atoms with E-state index in [0.29, 0.717) is 15.4 Å². The summed E-state index contributed by atoms with van der Waals surface area (Å²) in [6, 6.07) is 4.82. The maximum absolute atomic E-state index is 13.3. The molecule has 2 heterocycles. The van der Waals surface area contributed by atoms with E-state index in [0.717, 1.165) is 55.5 Å². The van der Waals surface area contributed by atoms with Crippen LogP contribution in [0.1, 0.15) is 35.3 Å². The molecular formula is C23H22F3N3O2S2. The maximum Gasteiger partial charge on any atom is 0.418 e. The molecule has 1 aliphatic carbocycles. The van der Waals surface area contributed by atoms with Crippen LogP contribution in [-0.2, 0) is 30.4 Å². The molecule has 4 rings (SSSR count). The number of thioether (sulfide) groups is 1. The number of benzene rings is 1. The lowest BCUT2D eigenvalue weighted by Gasteiger charge is -2.14. The summed E-state index contributed by atoms with van der Waals surface area (Å²) in [5.74, 6) is -0.801. The van der Waals surface area contributed by atoms with Gasteiger partial charge in [0.05, 0.1) is 22.4 Å². The number of nitrogens with zero attached hydrogens (tertiary/aromatic N) is 2. The molecule has 10 heteroatoms. The summed E-state index contributed by atoms with van der Waals surface area (Å²) in [6.45, 7) is 3.94. The Morgan fingerprint density at radius 3 is 2.76 bits per heavy atom. The van der Waals surface area contributed by atoms with E-state index in [1.54, 1.807) is 6.08 Å². The number of aromatic nitrogens is 2. The van der Waals surface area contributed by atoms with Gasteiger partial charge in [0.1, 0.15) is 4.83 Å². The van der Waals surface area contributed by atoms with Crippen LogP contribution in [-0.4, -0.2) is 21.2 Å². The van der Waals surface area contributed by atoms with E-state index in [9.17, 15) is 22.8 Å². The van der Waals surface area contributed by atoms with Crippen molar-refractivity contribution >= 4 is 44.9 Å². The number of alkyl halides is 3. The van der Waals surface area contributed by atoms with E-state index >= 15 is 0 Å². The lowest BCUT2D eigenvalue weighted by atomic mass is 10.1. The first-order valence-corrected chi connectivity index (χ1v) is 12.3. The molecule has 0 saturated carbocycles. The molecule has 1 aromatic carbocycles. The van der Waals surface area contributed by atoms with Crippen molar-refractivity contribution in [2.45, 2.75) is 50.0 Å². The standard InChI is InChI=1S/C23H22F3N3O2S2/c1-2-12-29-21(31)19-14-8-4-3-5-11-17(14)33-20(19)28-22(29)32-13-18(30)27-16-10-7-6-9-15(16)23(24,25)26/h2,6-7,9-10H,1,3-5,8,11-13H2,(H,27,30). The Labute approximate surface area is 196 Å². The molecule has 0 aliphatic heterocycles. The van der Waals surface area contributed by atoms with Crippen LogP contribution in [0.2, 0.25) is 0 Å². The molecule has 1 amide bonds. The molecule has 0 radical (unpaired) electrons. The minimum absolute atomic E-state index is 0.162. The maximum atomic E-state index is 13.3. The van der Waals surface area contributed by atoms with E-state index < -0.39 is 17.6 Å². The monoisotopic (exact) mass is 493 g/mol. The first-order valence-electron chi connectivity index (χ1n) is 10.5. The number of allylic oxidation sites excluding steroid dienone is 1. The van der Waals surface area contributed by atoms with Gasteiger partial charge in [-0.15, -0.1) is 17.9 Å². The Morgan fingerprint density at radius 1 is 1.24 bits per heavy atom. The summed E-state index contributed by atoms with van der Waals surface area (Å²) in [4.78, 5) is 32.3. The van der Waals surface area contributed by atoms with Gasteiger partial charge in [0.2, 0.25) is 5.91 Å². The van der Waals surface area contributed by atoms with Gasteiger partial charge in [-0.3, -0.25) is 14.2 Å². The summed E-state index contributed by atoms with van der Waals surface area (Å²) < 4.78 is 41.1. The van der Waals surface area contributed by atoms with Crippen molar-refractivity contribution < 1.29 is 18.0 Å². The average molecular weight is 494 g/mol. The molecule has 33 heavy (non-hydrogen) atoms. The Balaban J connectivity index is 1.60. The van der Waals surface area contributed by atoms with Crippen molar-refractivity contribution in [3.63, 3.8) is 0 Å². The second-order valence-electron chi connectivity index (χ2n) is 7.72. The number of aryl methyl sites for hydroxylation is 2. The van der Waals surface area contributed by atoms with Gasteiger partial charge in [0.15, 0.2) is 5.16 Å². The van der Waals surface area contributed by atoms with Gasteiger partial charge in [0, 0.05) is 11.4 Å². The number of para-hydroxylation sites is 1. The molecule has 0 spiro atoms. The zero-order chi connectivity index (χ0) is 23.6. The van der Waals surface area contributed by atoms with Crippen LogP contribution in [0.5, 0.6) is 0 Å². The summed E-state index contributed by atoms with van der Waals surface area (Å²) in [6.07, 6.45) is 2.05. The normalized spacial score (nSPS) is 14.0. The van der Waals surface area contributed by atoms with Crippen molar-refractivity contribution in [2.75, 3.05) is 11.1 Å². The van der Waals surface area contributed by atoms with Gasteiger partial charge in [-0.2, -0.15) is 13.2 Å². The summed E-state index contributed by atoms with van der Waals surface area (Å²) in [5, 5.41) is 3.32. The third-order valence-electron chi connectivity index (χ3n) is 5.44. The first kappa shape index (κ1) is 23.6. The number of halogens is 3. The van der Waals surface area contributed by atoms with Crippen molar-refractivity contribution in [3.8, 4) is 0 Å². The van der Waals surface area contributed by atoms with Crippen LogP contribution in [0.4, 0.5) is 18.9 Å². The molecule has 0 bridgehead atoms. The van der Waals surface area contributed by atoms with Crippen molar-refractivity contribution in [3.05, 3.63) is 63.3 Å². The molecule has 1 N–H and O–H groups in total. The highest BCUT2D eigenvalue weighted by Gasteiger charge is 2.33. The zero-order valence-corrected chi connectivity index (χ0v) is 19.3. The Bertz CT molecular complexity index is 1260. The third kappa shape index (κ3) is 5.01. The van der Waals surface area contributed by atoms with Crippen molar-refractivity contribution in [1.82, 2.24) is 9.55 Å². The number of fused-ring (bicyclic) bond motifs is 3. The van der Waals surface area contributed by atoms with Crippen molar-refractivity contribution in [1.29, 1.82) is 0 Å². The predicted molar refractivity (Wildman–Crippen MR) is 126 cm³/mol. The molecule has 0 atom stereocenters. The van der Waals surface area contributed by atoms with Crippen LogP contribution in [0, 0.1) is 0 Å². The third-order valence-corrected chi connectivity index (χ3v) is 7.60. The van der Waals surface area contributed by atoms with Gasteiger partial charge in [-0.05, 0) is 43.4 Å². The lowest BCUT2D eigenvalue weighted by Crippen LogP contribution is -2.24. The molecule has 0 saturated heterocycles. The molecule has 0 unspecified atom stereocenters. The van der Waals surface area contributed by atoms with Crippen LogP contribution >= 0.6 is 23.1 Å². The van der Waals surface area contributed by atoms with E-state index in [1.807, 2.05) is 0 Å². The summed E-state index contributed by atoms with van der Waals surface area (Å²) in [5.41, 5.74) is -0.290. The minimum Gasteiger partial charge on any atom is -0.325 e. The first-order chi connectivity index (χ1) is 15.8. The fraction of sp³-hybridized carbons (Fsp3) is 0.348. The highest BCUT2D eigenvalue weighted by molar-refractivity contribution is 7.99. The molecule has 0 fully saturated rings. The van der Waals surface area contributed by atoms with Gasteiger partial charge in [0.25, 0.3) is 5.56 Å². The van der Waals surface area contributed by atoms with Gasteiger partial charge in [-0.25, -0.2) is 4.98 Å². The number of carbonyl (C=O) groups excluding carboxylic acids is 1. The smallest absolute Gasteiger partial charge is 0.325 e. The molecule has 174 valence electrons. The molecule has 1 aliphatic rings. The zero-order valence-electron chi connectivity index (χ0n) is 17.7. The van der Waals surface area contributed by atoms with Crippen molar-refractivity contribution in [2.24, 2.45) is 0 Å². The summed E-state index contributed by atoms with van der Waals surface area (Å²) >= 11 is 2.54. The number of nitrogens with one attached hydrogen (secondary N) is 1. The Kier molecular flexibility index (Phi) is 6.94. The minimum atomic E-state index is -4.58. The fourth-order valence-electron chi connectivity index (χ4n) is 3.95. The molecular weight excluding hydrogens is 471 g/mol. The number of hydrogen-bond acceptors (Lipinski definition) is 5. The second-order valence-corrected chi connectivity index (χ2v) is 9.75. The van der Waals surface area contributed by atoms with Gasteiger partial charge >= 0.3 is 6.18 Å². The second kappa shape index (κ2) is 9.72.